The maximum absolute atomic E-state index is 11.6. The SMILES string of the molecule is CCN(CC)CCOC(=O)c1ccc(N)cc1.Cl.N. The highest BCUT2D eigenvalue weighted by molar-refractivity contribution is 5.89. The van der Waals surface area contributed by atoms with Crippen molar-refractivity contribution in [1.29, 1.82) is 0 Å². The highest BCUT2D eigenvalue weighted by Crippen LogP contribution is 2.06. The molecule has 0 radical (unpaired) electrons. The third-order valence-electron chi connectivity index (χ3n) is 2.68. The fraction of sp³-hybridized carbons (Fsp3) is 0.462. The number of nitrogens with zero attached hydrogens (tertiary/aromatic N) is 1. The van der Waals surface area contributed by atoms with E-state index in [0.717, 1.165) is 19.6 Å². The van der Waals surface area contributed by atoms with Crippen molar-refractivity contribution in [3.05, 3.63) is 29.8 Å². The van der Waals surface area contributed by atoms with Crippen molar-refractivity contribution < 1.29 is 9.53 Å². The quantitative estimate of drug-likeness (QED) is 0.620. The summed E-state index contributed by atoms with van der Waals surface area (Å²) in [5.41, 5.74) is 6.73. The van der Waals surface area contributed by atoms with E-state index in [4.69, 9.17) is 10.5 Å². The molecule has 1 aromatic carbocycles. The maximum Gasteiger partial charge on any atom is 0.338 e. The molecular formula is C13H24ClN3O2. The van der Waals surface area contributed by atoms with Crippen molar-refractivity contribution in [2.75, 3.05) is 32.0 Å². The van der Waals surface area contributed by atoms with Crippen molar-refractivity contribution in [1.82, 2.24) is 11.1 Å². The Bertz CT molecular complexity index is 353. The van der Waals surface area contributed by atoms with Crippen LogP contribution < -0.4 is 11.9 Å². The van der Waals surface area contributed by atoms with E-state index in [9.17, 15) is 4.79 Å². The number of carbonyl (C=O) groups excluding carboxylic acids is 1. The zero-order valence-electron chi connectivity index (χ0n) is 11.6. The number of benzene rings is 1. The Morgan fingerprint density at radius 3 is 2.21 bits per heavy atom. The van der Waals surface area contributed by atoms with Gasteiger partial charge in [-0.3, -0.25) is 0 Å². The highest BCUT2D eigenvalue weighted by atomic mass is 35.5. The molecule has 0 saturated carbocycles. The number of hydrogen-bond donors (Lipinski definition) is 2. The Morgan fingerprint density at radius 1 is 1.21 bits per heavy atom. The lowest BCUT2D eigenvalue weighted by Gasteiger charge is -2.17. The lowest BCUT2D eigenvalue weighted by molar-refractivity contribution is 0.0466. The van der Waals surface area contributed by atoms with Gasteiger partial charge in [-0.1, -0.05) is 13.8 Å². The van der Waals surface area contributed by atoms with Gasteiger partial charge in [-0.05, 0) is 37.4 Å². The van der Waals surface area contributed by atoms with Gasteiger partial charge in [-0.2, -0.15) is 0 Å². The van der Waals surface area contributed by atoms with E-state index in [1.807, 2.05) is 0 Å². The van der Waals surface area contributed by atoms with Crippen molar-refractivity contribution >= 4 is 24.1 Å². The number of hydrogen-bond acceptors (Lipinski definition) is 5. The topological polar surface area (TPSA) is 90.6 Å². The molecule has 6 heteroatoms. The van der Waals surface area contributed by atoms with Crippen LogP contribution in [0.4, 0.5) is 5.69 Å². The summed E-state index contributed by atoms with van der Waals surface area (Å²) in [7, 11) is 0. The fourth-order valence-corrected chi connectivity index (χ4v) is 1.51. The average molecular weight is 290 g/mol. The van der Waals surface area contributed by atoms with E-state index in [1.165, 1.54) is 0 Å². The molecule has 0 bridgehead atoms. The lowest BCUT2D eigenvalue weighted by Crippen LogP contribution is -2.27. The number of halogens is 1. The van der Waals surface area contributed by atoms with E-state index >= 15 is 0 Å². The summed E-state index contributed by atoms with van der Waals surface area (Å²) in [5, 5.41) is 0. The third kappa shape index (κ3) is 7.00. The minimum absolute atomic E-state index is 0. The van der Waals surface area contributed by atoms with Crippen LogP contribution in [0.1, 0.15) is 24.2 Å². The van der Waals surface area contributed by atoms with Gasteiger partial charge in [0.15, 0.2) is 0 Å². The molecule has 0 aliphatic heterocycles. The van der Waals surface area contributed by atoms with E-state index < -0.39 is 0 Å². The summed E-state index contributed by atoms with van der Waals surface area (Å²) in [4.78, 5) is 13.8. The van der Waals surface area contributed by atoms with Crippen LogP contribution in [0, 0.1) is 0 Å². The molecule has 0 aliphatic rings. The first-order valence-electron chi connectivity index (χ1n) is 5.92. The highest BCUT2D eigenvalue weighted by Gasteiger charge is 2.07. The molecule has 0 fully saturated rings. The Hall–Kier alpha value is -1.30. The lowest BCUT2D eigenvalue weighted by atomic mass is 10.2. The van der Waals surface area contributed by atoms with Gasteiger partial charge in [0.25, 0.3) is 0 Å². The number of ether oxygens (including phenoxy) is 1. The molecule has 0 aromatic heterocycles. The summed E-state index contributed by atoms with van der Waals surface area (Å²) in [6.45, 7) is 7.31. The van der Waals surface area contributed by atoms with Crippen LogP contribution in [0.25, 0.3) is 0 Å². The molecule has 5 nitrogen and oxygen atoms in total. The molecular weight excluding hydrogens is 266 g/mol. The summed E-state index contributed by atoms with van der Waals surface area (Å²) >= 11 is 0. The van der Waals surface area contributed by atoms with Gasteiger partial charge >= 0.3 is 5.97 Å². The van der Waals surface area contributed by atoms with E-state index in [1.54, 1.807) is 24.3 Å². The Kier molecular flexibility index (Phi) is 11.2. The van der Waals surface area contributed by atoms with Crippen LogP contribution in [-0.4, -0.2) is 37.1 Å². The van der Waals surface area contributed by atoms with Gasteiger partial charge in [-0.15, -0.1) is 12.4 Å². The maximum atomic E-state index is 11.6. The second kappa shape index (κ2) is 10.6. The molecule has 1 rings (SSSR count). The van der Waals surface area contributed by atoms with Crippen molar-refractivity contribution in [2.45, 2.75) is 13.8 Å². The normalized spacial score (nSPS) is 9.42. The summed E-state index contributed by atoms with van der Waals surface area (Å²) in [6.07, 6.45) is 0. The van der Waals surface area contributed by atoms with Gasteiger partial charge in [-0.25, -0.2) is 4.79 Å². The van der Waals surface area contributed by atoms with Crippen LogP contribution in [-0.2, 0) is 4.74 Å². The number of likely N-dealkylation sites (N-methyl/N-ethyl adjacent to an activating group) is 1. The third-order valence-corrected chi connectivity index (χ3v) is 2.68. The molecule has 0 unspecified atom stereocenters. The summed E-state index contributed by atoms with van der Waals surface area (Å²) in [6, 6.07) is 6.74. The van der Waals surface area contributed by atoms with E-state index in [2.05, 4.69) is 18.7 Å². The molecule has 0 saturated heterocycles. The van der Waals surface area contributed by atoms with Crippen LogP contribution >= 0.6 is 12.4 Å². The van der Waals surface area contributed by atoms with Crippen LogP contribution in [0.15, 0.2) is 24.3 Å². The standard InChI is InChI=1S/C13H20N2O2.ClH.H3N/c1-3-15(4-2)9-10-17-13(16)11-5-7-12(14)8-6-11;;/h5-8H,3-4,9-10,14H2,1-2H3;1H;1H3. The Balaban J connectivity index is 0. The fourth-order valence-electron chi connectivity index (χ4n) is 1.51. The first-order chi connectivity index (χ1) is 8.17. The van der Waals surface area contributed by atoms with Gasteiger partial charge in [0.2, 0.25) is 0 Å². The molecule has 110 valence electrons. The minimum Gasteiger partial charge on any atom is -0.461 e. The monoisotopic (exact) mass is 289 g/mol. The van der Waals surface area contributed by atoms with Gasteiger partial charge in [0.1, 0.15) is 6.61 Å². The van der Waals surface area contributed by atoms with Crippen LogP contribution in [0.2, 0.25) is 0 Å². The molecule has 0 atom stereocenters. The van der Waals surface area contributed by atoms with Gasteiger partial charge in [0.05, 0.1) is 5.56 Å². The van der Waals surface area contributed by atoms with E-state index in [-0.39, 0.29) is 24.5 Å². The molecule has 0 spiro atoms. The molecule has 0 amide bonds. The predicted octanol–water partition coefficient (Wildman–Crippen LogP) is 2.35. The number of nitrogens with two attached hydrogens (primary N) is 1. The number of esters is 1. The largest absolute Gasteiger partial charge is 0.461 e. The smallest absolute Gasteiger partial charge is 0.338 e. The van der Waals surface area contributed by atoms with Crippen LogP contribution in [0.3, 0.4) is 0 Å². The molecule has 0 heterocycles. The Morgan fingerprint density at radius 2 is 1.74 bits per heavy atom. The molecule has 5 N–H and O–H groups in total. The van der Waals surface area contributed by atoms with Gasteiger partial charge in [0, 0.05) is 12.2 Å². The average Bonchev–Trinajstić information content (AvgIpc) is 2.35. The number of carbonyl (C=O) groups is 1. The van der Waals surface area contributed by atoms with Crippen molar-refractivity contribution in [3.8, 4) is 0 Å². The number of nitrogen functional groups attached to an aromatic ring is 1. The number of rotatable bonds is 6. The number of anilines is 1. The molecule has 1 aromatic rings. The summed E-state index contributed by atoms with van der Waals surface area (Å²) < 4.78 is 5.18. The summed E-state index contributed by atoms with van der Waals surface area (Å²) in [5.74, 6) is -0.294. The Labute approximate surface area is 121 Å². The molecule has 19 heavy (non-hydrogen) atoms. The van der Waals surface area contributed by atoms with E-state index in [0.29, 0.717) is 17.9 Å². The van der Waals surface area contributed by atoms with Gasteiger partial charge < -0.3 is 21.5 Å². The second-order valence-electron chi connectivity index (χ2n) is 3.78. The van der Waals surface area contributed by atoms with Crippen LogP contribution in [0.5, 0.6) is 0 Å². The van der Waals surface area contributed by atoms with Crippen molar-refractivity contribution in [3.63, 3.8) is 0 Å². The second-order valence-corrected chi connectivity index (χ2v) is 3.78. The van der Waals surface area contributed by atoms with Crippen molar-refractivity contribution in [2.24, 2.45) is 0 Å². The first kappa shape index (κ1) is 20.0. The zero-order chi connectivity index (χ0) is 12.7. The minimum atomic E-state index is -0.294. The predicted molar refractivity (Wildman–Crippen MR) is 81.2 cm³/mol. The first-order valence-corrected chi connectivity index (χ1v) is 5.92. The molecule has 0 aliphatic carbocycles. The zero-order valence-corrected chi connectivity index (χ0v) is 12.4.